The summed E-state index contributed by atoms with van der Waals surface area (Å²) < 4.78 is 4.38. The molecule has 0 radical (unpaired) electrons. The molecular weight excluding hydrogens is 190 g/mol. The van der Waals surface area contributed by atoms with E-state index in [1.807, 2.05) is 0 Å². The van der Waals surface area contributed by atoms with Gasteiger partial charge in [-0.2, -0.15) is 0 Å². The Labute approximate surface area is 81.2 Å². The average Bonchev–Trinajstić information content (AvgIpc) is 2.10. The second-order valence-corrected chi connectivity index (χ2v) is 2.65. The van der Waals surface area contributed by atoms with E-state index in [1.165, 1.54) is 6.92 Å². The zero-order valence-electron chi connectivity index (χ0n) is 8.07. The first-order chi connectivity index (χ1) is 6.47. The first-order valence-electron chi connectivity index (χ1n) is 4.13. The van der Waals surface area contributed by atoms with Gasteiger partial charge in [-0.25, -0.2) is 4.79 Å². The van der Waals surface area contributed by atoms with Gasteiger partial charge in [-0.3, -0.25) is 9.59 Å². The van der Waals surface area contributed by atoms with Gasteiger partial charge in [0.1, 0.15) is 6.04 Å². The molecule has 0 unspecified atom stereocenters. The minimum Gasteiger partial charge on any atom is -0.480 e. The SMILES string of the molecule is CC[C@@H](NC(=O)COC(C)=O)C(=O)O. The Bertz CT molecular complexity index is 238. The molecule has 0 spiro atoms. The van der Waals surface area contributed by atoms with Gasteiger partial charge in [0.25, 0.3) is 5.91 Å². The summed E-state index contributed by atoms with van der Waals surface area (Å²) in [5.74, 6) is -2.30. The van der Waals surface area contributed by atoms with E-state index in [4.69, 9.17) is 5.11 Å². The van der Waals surface area contributed by atoms with Crippen molar-refractivity contribution >= 4 is 17.8 Å². The lowest BCUT2D eigenvalue weighted by Gasteiger charge is -2.11. The van der Waals surface area contributed by atoms with Crippen LogP contribution in [0.5, 0.6) is 0 Å². The van der Waals surface area contributed by atoms with E-state index < -0.39 is 30.5 Å². The summed E-state index contributed by atoms with van der Waals surface area (Å²) in [5.41, 5.74) is 0. The molecule has 0 bridgehead atoms. The predicted molar refractivity (Wildman–Crippen MR) is 46.5 cm³/mol. The molecule has 0 rings (SSSR count). The van der Waals surface area contributed by atoms with Crippen molar-refractivity contribution in [3.63, 3.8) is 0 Å². The van der Waals surface area contributed by atoms with Crippen molar-refractivity contribution in [1.29, 1.82) is 0 Å². The molecule has 0 fully saturated rings. The predicted octanol–water partition coefficient (Wildman–Crippen LogP) is -0.471. The number of carboxylic acids is 1. The highest BCUT2D eigenvalue weighted by Gasteiger charge is 2.17. The third-order valence-electron chi connectivity index (χ3n) is 1.45. The van der Waals surface area contributed by atoms with Gasteiger partial charge in [0, 0.05) is 6.92 Å². The Morgan fingerprint density at radius 2 is 2.00 bits per heavy atom. The summed E-state index contributed by atoms with van der Waals surface area (Å²) in [6.45, 7) is 2.35. The normalized spacial score (nSPS) is 11.6. The van der Waals surface area contributed by atoms with Crippen LogP contribution in [-0.2, 0) is 19.1 Å². The van der Waals surface area contributed by atoms with E-state index >= 15 is 0 Å². The molecule has 0 saturated heterocycles. The molecule has 0 aromatic rings. The maximum Gasteiger partial charge on any atom is 0.326 e. The minimum absolute atomic E-state index is 0.279. The summed E-state index contributed by atoms with van der Waals surface area (Å²) in [6, 6.07) is -0.932. The molecule has 0 aromatic carbocycles. The highest BCUT2D eigenvalue weighted by molar-refractivity contribution is 5.85. The van der Waals surface area contributed by atoms with Gasteiger partial charge in [0.05, 0.1) is 0 Å². The molecule has 6 nitrogen and oxygen atoms in total. The van der Waals surface area contributed by atoms with Crippen LogP contribution in [0.3, 0.4) is 0 Å². The standard InChI is InChI=1S/C8H13NO5/c1-3-6(8(12)13)9-7(11)4-14-5(2)10/h6H,3-4H2,1-2H3,(H,9,11)(H,12,13)/t6-/m1/s1. The number of nitrogens with one attached hydrogen (secondary N) is 1. The Morgan fingerprint density at radius 3 is 2.36 bits per heavy atom. The Kier molecular flexibility index (Phi) is 5.28. The van der Waals surface area contributed by atoms with E-state index in [2.05, 4.69) is 10.1 Å². The molecule has 2 N–H and O–H groups in total. The number of hydrogen-bond acceptors (Lipinski definition) is 4. The van der Waals surface area contributed by atoms with E-state index in [1.54, 1.807) is 6.92 Å². The summed E-state index contributed by atoms with van der Waals surface area (Å²) in [7, 11) is 0. The number of carbonyl (C=O) groups excluding carboxylic acids is 2. The Balaban J connectivity index is 3.91. The van der Waals surface area contributed by atoms with E-state index in [-0.39, 0.29) is 6.42 Å². The van der Waals surface area contributed by atoms with E-state index in [0.717, 1.165) is 0 Å². The van der Waals surface area contributed by atoms with Gasteiger partial charge >= 0.3 is 11.9 Å². The highest BCUT2D eigenvalue weighted by atomic mass is 16.5. The van der Waals surface area contributed by atoms with Crippen LogP contribution < -0.4 is 5.32 Å². The molecule has 14 heavy (non-hydrogen) atoms. The van der Waals surface area contributed by atoms with Crippen molar-refractivity contribution < 1.29 is 24.2 Å². The van der Waals surface area contributed by atoms with Crippen LogP contribution in [0.4, 0.5) is 0 Å². The molecule has 80 valence electrons. The van der Waals surface area contributed by atoms with E-state index in [0.29, 0.717) is 0 Å². The second-order valence-electron chi connectivity index (χ2n) is 2.65. The van der Waals surface area contributed by atoms with Gasteiger partial charge in [0.2, 0.25) is 0 Å². The molecule has 0 saturated carbocycles. The molecule has 0 aromatic heterocycles. The molecule has 0 aliphatic rings. The smallest absolute Gasteiger partial charge is 0.326 e. The van der Waals surface area contributed by atoms with Crippen LogP contribution in [0, 0.1) is 0 Å². The molecule has 1 amide bonds. The van der Waals surface area contributed by atoms with Crippen LogP contribution in [0.1, 0.15) is 20.3 Å². The number of ether oxygens (including phenoxy) is 1. The van der Waals surface area contributed by atoms with Crippen molar-refractivity contribution in [3.8, 4) is 0 Å². The number of amides is 1. The van der Waals surface area contributed by atoms with Crippen LogP contribution in [0.15, 0.2) is 0 Å². The maximum absolute atomic E-state index is 11.0. The Hall–Kier alpha value is -1.59. The largest absolute Gasteiger partial charge is 0.480 e. The van der Waals surface area contributed by atoms with Crippen molar-refractivity contribution in [2.75, 3.05) is 6.61 Å². The van der Waals surface area contributed by atoms with Gasteiger partial charge in [0.15, 0.2) is 6.61 Å². The number of esters is 1. The lowest BCUT2D eigenvalue weighted by atomic mass is 10.2. The molecule has 0 aliphatic carbocycles. The minimum atomic E-state index is -1.11. The van der Waals surface area contributed by atoms with Gasteiger partial charge in [-0.05, 0) is 6.42 Å². The van der Waals surface area contributed by atoms with Crippen LogP contribution in [0.25, 0.3) is 0 Å². The van der Waals surface area contributed by atoms with E-state index in [9.17, 15) is 14.4 Å². The topological polar surface area (TPSA) is 92.7 Å². The van der Waals surface area contributed by atoms with Crippen LogP contribution >= 0.6 is 0 Å². The monoisotopic (exact) mass is 203 g/mol. The molecule has 0 heterocycles. The summed E-state index contributed by atoms with van der Waals surface area (Å²) in [6.07, 6.45) is 0.279. The first kappa shape index (κ1) is 12.4. The zero-order chi connectivity index (χ0) is 11.1. The van der Waals surface area contributed by atoms with Crippen molar-refractivity contribution in [2.45, 2.75) is 26.3 Å². The third-order valence-corrected chi connectivity index (χ3v) is 1.45. The second kappa shape index (κ2) is 5.95. The van der Waals surface area contributed by atoms with Gasteiger partial charge in [-0.1, -0.05) is 6.92 Å². The number of carboxylic acid groups (broad SMARTS) is 1. The average molecular weight is 203 g/mol. The number of hydrogen-bond donors (Lipinski definition) is 2. The molecule has 6 heteroatoms. The Morgan fingerprint density at radius 1 is 1.43 bits per heavy atom. The van der Waals surface area contributed by atoms with Crippen LogP contribution in [-0.4, -0.2) is 35.6 Å². The summed E-state index contributed by atoms with van der Waals surface area (Å²) in [4.78, 5) is 31.8. The van der Waals surface area contributed by atoms with Gasteiger partial charge < -0.3 is 15.2 Å². The first-order valence-corrected chi connectivity index (χ1v) is 4.13. The molecule has 0 aliphatic heterocycles. The highest BCUT2D eigenvalue weighted by Crippen LogP contribution is 1.90. The summed E-state index contributed by atoms with van der Waals surface area (Å²) in [5, 5.41) is 10.8. The third kappa shape index (κ3) is 5.13. The van der Waals surface area contributed by atoms with Crippen LogP contribution in [0.2, 0.25) is 0 Å². The van der Waals surface area contributed by atoms with Gasteiger partial charge in [-0.15, -0.1) is 0 Å². The van der Waals surface area contributed by atoms with Crippen molar-refractivity contribution in [3.05, 3.63) is 0 Å². The van der Waals surface area contributed by atoms with Crippen molar-refractivity contribution in [1.82, 2.24) is 5.32 Å². The number of aliphatic carboxylic acids is 1. The molecular formula is C8H13NO5. The number of carbonyl (C=O) groups is 3. The fraction of sp³-hybridized carbons (Fsp3) is 0.625. The fourth-order valence-electron chi connectivity index (χ4n) is 0.742. The summed E-state index contributed by atoms with van der Waals surface area (Å²) >= 11 is 0. The zero-order valence-corrected chi connectivity index (χ0v) is 8.07. The number of rotatable bonds is 5. The maximum atomic E-state index is 11.0. The lowest BCUT2D eigenvalue weighted by Crippen LogP contribution is -2.42. The van der Waals surface area contributed by atoms with Crippen molar-refractivity contribution in [2.24, 2.45) is 0 Å². The molecule has 1 atom stereocenters. The quantitative estimate of drug-likeness (QED) is 0.589. The fourth-order valence-corrected chi connectivity index (χ4v) is 0.742. The lowest BCUT2D eigenvalue weighted by molar-refractivity contribution is -0.148.